The minimum absolute atomic E-state index is 0.00935. The van der Waals surface area contributed by atoms with E-state index in [1.807, 2.05) is 0 Å². The molecule has 0 unspecified atom stereocenters. The van der Waals surface area contributed by atoms with Crippen LogP contribution in [0, 0.1) is 0 Å². The molecule has 0 aromatic heterocycles. The molecular weight excluding hydrogens is 200 g/mol. The Morgan fingerprint density at radius 1 is 1.29 bits per heavy atom. The summed E-state index contributed by atoms with van der Waals surface area (Å²) in [6.45, 7) is 0.325. The molecule has 0 fully saturated rings. The molecule has 0 bridgehead atoms. The fraction of sp³-hybridized carbons (Fsp3) is 0.333. The van der Waals surface area contributed by atoms with Gasteiger partial charge in [0.1, 0.15) is 0 Å². The van der Waals surface area contributed by atoms with Gasteiger partial charge in [0.15, 0.2) is 9.84 Å². The third kappa shape index (κ3) is 3.01. The number of hydrogen-bond donors (Lipinski definition) is 2. The Kier molecular flexibility index (Phi) is 3.13. The molecule has 1 aromatic rings. The standard InChI is InChI=1S/C9H14N2O2S/c1-14(12,13)6-8-4-9(11)3-2-7(8)5-10/h2-4H,5-6,10-11H2,1H3. The number of rotatable bonds is 3. The molecule has 1 aromatic carbocycles. The minimum Gasteiger partial charge on any atom is -0.399 e. The fourth-order valence-electron chi connectivity index (χ4n) is 1.26. The van der Waals surface area contributed by atoms with Crippen LogP contribution in [0.1, 0.15) is 11.1 Å². The lowest BCUT2D eigenvalue weighted by Crippen LogP contribution is -2.07. The van der Waals surface area contributed by atoms with Crippen LogP contribution in [0.15, 0.2) is 18.2 Å². The molecule has 0 atom stereocenters. The number of nitrogen functional groups attached to an aromatic ring is 1. The van der Waals surface area contributed by atoms with Crippen molar-refractivity contribution in [1.29, 1.82) is 0 Å². The normalized spacial score (nSPS) is 11.6. The topological polar surface area (TPSA) is 86.2 Å². The first kappa shape index (κ1) is 11.0. The molecule has 0 aliphatic carbocycles. The molecular formula is C9H14N2O2S. The van der Waals surface area contributed by atoms with Crippen molar-refractivity contribution < 1.29 is 8.42 Å². The second-order valence-electron chi connectivity index (χ2n) is 3.30. The summed E-state index contributed by atoms with van der Waals surface area (Å²) in [6.07, 6.45) is 1.19. The molecule has 0 radical (unpaired) electrons. The first-order valence-corrected chi connectivity index (χ1v) is 6.23. The van der Waals surface area contributed by atoms with Crippen molar-refractivity contribution >= 4 is 15.5 Å². The van der Waals surface area contributed by atoms with E-state index in [4.69, 9.17) is 11.5 Å². The maximum absolute atomic E-state index is 11.1. The average Bonchev–Trinajstić information content (AvgIpc) is 2.01. The van der Waals surface area contributed by atoms with Crippen LogP contribution in [0.3, 0.4) is 0 Å². The molecule has 14 heavy (non-hydrogen) atoms. The highest BCUT2D eigenvalue weighted by Gasteiger charge is 2.08. The van der Waals surface area contributed by atoms with Crippen LogP contribution in [-0.4, -0.2) is 14.7 Å². The Bertz CT molecular complexity index is 426. The lowest BCUT2D eigenvalue weighted by molar-refractivity contribution is 0.601. The first-order chi connectivity index (χ1) is 6.42. The molecule has 5 heteroatoms. The molecule has 4 N–H and O–H groups in total. The predicted molar refractivity (Wildman–Crippen MR) is 57.3 cm³/mol. The molecule has 78 valence electrons. The van der Waals surface area contributed by atoms with Crippen molar-refractivity contribution in [3.63, 3.8) is 0 Å². The third-order valence-electron chi connectivity index (χ3n) is 1.87. The Morgan fingerprint density at radius 3 is 2.43 bits per heavy atom. The highest BCUT2D eigenvalue weighted by Crippen LogP contribution is 2.15. The van der Waals surface area contributed by atoms with E-state index in [0.717, 1.165) is 5.56 Å². The molecule has 0 aliphatic rings. The maximum Gasteiger partial charge on any atom is 0.151 e. The summed E-state index contributed by atoms with van der Waals surface area (Å²) in [4.78, 5) is 0. The molecule has 4 nitrogen and oxygen atoms in total. The Balaban J connectivity index is 3.11. The lowest BCUT2D eigenvalue weighted by atomic mass is 10.1. The van der Waals surface area contributed by atoms with Gasteiger partial charge in [-0.3, -0.25) is 0 Å². The van der Waals surface area contributed by atoms with Crippen LogP contribution in [0.25, 0.3) is 0 Å². The van der Waals surface area contributed by atoms with E-state index in [1.54, 1.807) is 18.2 Å². The molecule has 0 heterocycles. The zero-order chi connectivity index (χ0) is 10.8. The van der Waals surface area contributed by atoms with E-state index in [1.165, 1.54) is 6.26 Å². The summed E-state index contributed by atoms with van der Waals surface area (Å²) in [5, 5.41) is 0. The molecule has 0 saturated carbocycles. The van der Waals surface area contributed by atoms with E-state index in [9.17, 15) is 8.42 Å². The molecule has 0 spiro atoms. The van der Waals surface area contributed by atoms with Gasteiger partial charge in [0.25, 0.3) is 0 Å². The van der Waals surface area contributed by atoms with Crippen LogP contribution in [0.4, 0.5) is 5.69 Å². The van der Waals surface area contributed by atoms with Gasteiger partial charge in [-0.2, -0.15) is 0 Å². The molecule has 0 saturated heterocycles. The van der Waals surface area contributed by atoms with Gasteiger partial charge in [0, 0.05) is 18.5 Å². The smallest absolute Gasteiger partial charge is 0.151 e. The highest BCUT2D eigenvalue weighted by atomic mass is 32.2. The quantitative estimate of drug-likeness (QED) is 0.707. The van der Waals surface area contributed by atoms with Gasteiger partial charge >= 0.3 is 0 Å². The zero-order valence-corrected chi connectivity index (χ0v) is 8.84. The number of nitrogens with two attached hydrogens (primary N) is 2. The Labute approximate surface area is 83.8 Å². The van der Waals surface area contributed by atoms with Crippen molar-refractivity contribution in [3.8, 4) is 0 Å². The van der Waals surface area contributed by atoms with Crippen molar-refractivity contribution in [2.24, 2.45) is 5.73 Å². The minimum atomic E-state index is -3.04. The van der Waals surface area contributed by atoms with Gasteiger partial charge in [0.05, 0.1) is 5.75 Å². The van der Waals surface area contributed by atoms with E-state index in [-0.39, 0.29) is 5.75 Å². The van der Waals surface area contributed by atoms with Crippen molar-refractivity contribution in [3.05, 3.63) is 29.3 Å². The fourth-order valence-corrected chi connectivity index (χ4v) is 2.10. The van der Waals surface area contributed by atoms with Gasteiger partial charge in [-0.15, -0.1) is 0 Å². The van der Waals surface area contributed by atoms with Crippen LogP contribution in [0.5, 0.6) is 0 Å². The summed E-state index contributed by atoms with van der Waals surface area (Å²) in [6, 6.07) is 5.13. The summed E-state index contributed by atoms with van der Waals surface area (Å²) in [5.41, 5.74) is 13.1. The average molecular weight is 214 g/mol. The van der Waals surface area contributed by atoms with E-state index >= 15 is 0 Å². The highest BCUT2D eigenvalue weighted by molar-refractivity contribution is 7.89. The predicted octanol–water partition coefficient (Wildman–Crippen LogP) is 0.272. The first-order valence-electron chi connectivity index (χ1n) is 4.17. The Hall–Kier alpha value is -1.07. The van der Waals surface area contributed by atoms with Crippen LogP contribution in [0.2, 0.25) is 0 Å². The largest absolute Gasteiger partial charge is 0.399 e. The van der Waals surface area contributed by atoms with Gasteiger partial charge in [0.2, 0.25) is 0 Å². The third-order valence-corrected chi connectivity index (χ3v) is 2.70. The zero-order valence-electron chi connectivity index (χ0n) is 8.03. The number of sulfone groups is 1. The maximum atomic E-state index is 11.1. The summed E-state index contributed by atoms with van der Waals surface area (Å²) >= 11 is 0. The molecule has 1 rings (SSSR count). The number of benzene rings is 1. The van der Waals surface area contributed by atoms with E-state index in [0.29, 0.717) is 17.8 Å². The van der Waals surface area contributed by atoms with Gasteiger partial charge in [-0.25, -0.2) is 8.42 Å². The second-order valence-corrected chi connectivity index (χ2v) is 5.44. The summed E-state index contributed by atoms with van der Waals surface area (Å²) in [5.74, 6) is -0.00935. The number of anilines is 1. The summed E-state index contributed by atoms with van der Waals surface area (Å²) in [7, 11) is -3.04. The summed E-state index contributed by atoms with van der Waals surface area (Å²) < 4.78 is 22.2. The van der Waals surface area contributed by atoms with Crippen LogP contribution < -0.4 is 11.5 Å². The van der Waals surface area contributed by atoms with Crippen LogP contribution >= 0.6 is 0 Å². The lowest BCUT2D eigenvalue weighted by Gasteiger charge is -2.07. The van der Waals surface area contributed by atoms with Gasteiger partial charge < -0.3 is 11.5 Å². The van der Waals surface area contributed by atoms with Gasteiger partial charge in [-0.05, 0) is 23.3 Å². The van der Waals surface area contributed by atoms with E-state index < -0.39 is 9.84 Å². The van der Waals surface area contributed by atoms with Crippen molar-refractivity contribution in [2.75, 3.05) is 12.0 Å². The number of hydrogen-bond acceptors (Lipinski definition) is 4. The second kappa shape index (κ2) is 3.98. The molecule has 0 amide bonds. The molecule has 0 aliphatic heterocycles. The van der Waals surface area contributed by atoms with Crippen molar-refractivity contribution in [1.82, 2.24) is 0 Å². The van der Waals surface area contributed by atoms with Crippen molar-refractivity contribution in [2.45, 2.75) is 12.3 Å². The van der Waals surface area contributed by atoms with Gasteiger partial charge in [-0.1, -0.05) is 6.07 Å². The SMILES string of the molecule is CS(=O)(=O)Cc1cc(N)ccc1CN. The van der Waals surface area contributed by atoms with Crippen LogP contribution in [-0.2, 0) is 22.1 Å². The monoisotopic (exact) mass is 214 g/mol. The Morgan fingerprint density at radius 2 is 1.93 bits per heavy atom. The van der Waals surface area contributed by atoms with E-state index in [2.05, 4.69) is 0 Å².